The van der Waals surface area contributed by atoms with Gasteiger partial charge in [-0.3, -0.25) is 4.79 Å². The minimum Gasteiger partial charge on any atom is -0.480 e. The Labute approximate surface area is 110 Å². The Morgan fingerprint density at radius 2 is 2.16 bits per heavy atom. The molecule has 1 aliphatic carbocycles. The number of carboxylic acids is 1. The van der Waals surface area contributed by atoms with Crippen LogP contribution in [-0.2, 0) is 9.59 Å². The van der Waals surface area contributed by atoms with Crippen LogP contribution in [-0.4, -0.2) is 17.4 Å². The third-order valence-corrected chi connectivity index (χ3v) is 3.24. The van der Waals surface area contributed by atoms with E-state index in [2.05, 4.69) is 0 Å². The van der Waals surface area contributed by atoms with E-state index in [-0.39, 0.29) is 6.42 Å². The number of carboxylic acid groups (broad SMARTS) is 1. The van der Waals surface area contributed by atoms with Crippen molar-refractivity contribution in [3.63, 3.8) is 0 Å². The summed E-state index contributed by atoms with van der Waals surface area (Å²) < 4.78 is 0. The zero-order chi connectivity index (χ0) is 13.9. The predicted octanol–water partition coefficient (Wildman–Crippen LogP) is 2.17. The van der Waals surface area contributed by atoms with Crippen molar-refractivity contribution in [3.05, 3.63) is 53.6 Å². The highest BCUT2D eigenvalue weighted by Gasteiger charge is 2.43. The Morgan fingerprint density at radius 1 is 1.42 bits per heavy atom. The van der Waals surface area contributed by atoms with Gasteiger partial charge in [0.25, 0.3) is 0 Å². The molecule has 1 aliphatic rings. The van der Waals surface area contributed by atoms with Crippen molar-refractivity contribution in [2.45, 2.75) is 6.42 Å². The normalized spacial score (nSPS) is 21.3. The van der Waals surface area contributed by atoms with Crippen molar-refractivity contribution in [1.82, 2.24) is 0 Å². The molecule has 0 heterocycles. The van der Waals surface area contributed by atoms with Gasteiger partial charge < -0.3 is 9.90 Å². The largest absolute Gasteiger partial charge is 0.480 e. The molecule has 94 valence electrons. The molecule has 4 heteroatoms. The summed E-state index contributed by atoms with van der Waals surface area (Å²) in [6, 6.07) is 8.69. The minimum absolute atomic E-state index is 0.0947. The van der Waals surface area contributed by atoms with Gasteiger partial charge in [0.05, 0.1) is 11.6 Å². The number of nitrogens with zero attached hydrogens (tertiary/aromatic N) is 1. The first-order chi connectivity index (χ1) is 9.15. The number of carbonyl (C=O) groups excluding carboxylic acids is 1. The van der Waals surface area contributed by atoms with Gasteiger partial charge >= 0.3 is 5.97 Å². The Hall–Kier alpha value is -2.67. The lowest BCUT2D eigenvalue weighted by atomic mass is 9.72. The Balaban J connectivity index is 2.67. The van der Waals surface area contributed by atoms with Crippen LogP contribution in [0.5, 0.6) is 0 Å². The smallest absolute Gasteiger partial charge is 0.321 e. The SMILES string of the molecule is N#Cc1ccccc1C1=CC=CCC1(C=O)C(=O)O. The highest BCUT2D eigenvalue weighted by atomic mass is 16.4. The van der Waals surface area contributed by atoms with Crippen LogP contribution in [0.15, 0.2) is 42.5 Å². The molecule has 0 fully saturated rings. The molecule has 0 amide bonds. The summed E-state index contributed by atoms with van der Waals surface area (Å²) in [5.74, 6) is -1.20. The van der Waals surface area contributed by atoms with Crippen LogP contribution >= 0.6 is 0 Å². The topological polar surface area (TPSA) is 78.2 Å². The molecule has 1 atom stereocenters. The number of aldehydes is 1. The fraction of sp³-hybridized carbons (Fsp3) is 0.133. The van der Waals surface area contributed by atoms with Gasteiger partial charge in [-0.05, 0) is 23.6 Å². The number of aliphatic carboxylic acids is 1. The molecule has 0 saturated carbocycles. The molecular formula is C15H11NO3. The molecule has 0 radical (unpaired) electrons. The second kappa shape index (κ2) is 4.91. The van der Waals surface area contributed by atoms with E-state index in [1.54, 1.807) is 42.5 Å². The van der Waals surface area contributed by atoms with Gasteiger partial charge in [0, 0.05) is 0 Å². The van der Waals surface area contributed by atoms with E-state index in [1.165, 1.54) is 0 Å². The summed E-state index contributed by atoms with van der Waals surface area (Å²) in [6.07, 6.45) is 5.47. The van der Waals surface area contributed by atoms with Crippen LogP contribution in [0, 0.1) is 16.7 Å². The van der Waals surface area contributed by atoms with Crippen LogP contribution in [0.2, 0.25) is 0 Å². The highest BCUT2D eigenvalue weighted by Crippen LogP contribution is 2.40. The molecular weight excluding hydrogens is 242 g/mol. The average Bonchev–Trinajstić information content (AvgIpc) is 2.46. The number of allylic oxidation sites excluding steroid dienone is 3. The fourth-order valence-electron chi connectivity index (χ4n) is 2.19. The quantitative estimate of drug-likeness (QED) is 0.661. The number of hydrogen-bond acceptors (Lipinski definition) is 3. The van der Waals surface area contributed by atoms with Gasteiger partial charge in [-0.2, -0.15) is 5.26 Å². The number of hydrogen-bond donors (Lipinski definition) is 1. The van der Waals surface area contributed by atoms with Crippen LogP contribution in [0.4, 0.5) is 0 Å². The Bertz CT molecular complexity index is 637. The van der Waals surface area contributed by atoms with Crippen LogP contribution < -0.4 is 0 Å². The lowest BCUT2D eigenvalue weighted by Crippen LogP contribution is -2.35. The zero-order valence-electron chi connectivity index (χ0n) is 10.0. The molecule has 0 aromatic heterocycles. The number of nitriles is 1. The lowest BCUT2D eigenvalue weighted by Gasteiger charge is -2.28. The summed E-state index contributed by atoms with van der Waals surface area (Å²) in [7, 11) is 0. The van der Waals surface area contributed by atoms with E-state index in [1.807, 2.05) is 6.07 Å². The zero-order valence-corrected chi connectivity index (χ0v) is 10.0. The second-order valence-electron chi connectivity index (χ2n) is 4.26. The Morgan fingerprint density at radius 3 is 2.79 bits per heavy atom. The molecule has 0 aliphatic heterocycles. The summed E-state index contributed by atoms with van der Waals surface area (Å²) in [4.78, 5) is 22.9. The monoisotopic (exact) mass is 253 g/mol. The molecule has 4 nitrogen and oxygen atoms in total. The summed E-state index contributed by atoms with van der Waals surface area (Å²) >= 11 is 0. The molecule has 0 saturated heterocycles. The van der Waals surface area contributed by atoms with Gasteiger partial charge in [-0.15, -0.1) is 0 Å². The number of rotatable bonds is 3. The van der Waals surface area contributed by atoms with E-state index in [9.17, 15) is 14.7 Å². The Kier molecular flexibility index (Phi) is 3.30. The number of carbonyl (C=O) groups is 2. The molecule has 1 unspecified atom stereocenters. The summed E-state index contributed by atoms with van der Waals surface area (Å²) in [5, 5.41) is 18.5. The van der Waals surface area contributed by atoms with Gasteiger partial charge in [0.1, 0.15) is 6.29 Å². The minimum atomic E-state index is -1.61. The van der Waals surface area contributed by atoms with Gasteiger partial charge in [0.2, 0.25) is 0 Å². The van der Waals surface area contributed by atoms with Crippen molar-refractivity contribution in [2.24, 2.45) is 5.41 Å². The van der Waals surface area contributed by atoms with Crippen molar-refractivity contribution in [2.75, 3.05) is 0 Å². The first kappa shape index (κ1) is 12.8. The van der Waals surface area contributed by atoms with Crippen molar-refractivity contribution in [1.29, 1.82) is 5.26 Å². The maximum atomic E-state index is 11.5. The highest BCUT2D eigenvalue weighted by molar-refractivity contribution is 6.07. The van der Waals surface area contributed by atoms with Crippen LogP contribution in [0.25, 0.3) is 5.57 Å². The van der Waals surface area contributed by atoms with E-state index in [0.29, 0.717) is 23.0 Å². The lowest BCUT2D eigenvalue weighted by molar-refractivity contribution is -0.147. The fourth-order valence-corrected chi connectivity index (χ4v) is 2.19. The average molecular weight is 253 g/mol. The first-order valence-corrected chi connectivity index (χ1v) is 5.72. The van der Waals surface area contributed by atoms with Gasteiger partial charge in [0.15, 0.2) is 5.41 Å². The summed E-state index contributed by atoms with van der Waals surface area (Å²) in [6.45, 7) is 0. The molecule has 2 rings (SSSR count). The number of benzene rings is 1. The van der Waals surface area contributed by atoms with E-state index in [4.69, 9.17) is 5.26 Å². The third kappa shape index (κ3) is 1.95. The van der Waals surface area contributed by atoms with Crippen molar-refractivity contribution < 1.29 is 14.7 Å². The molecule has 1 aromatic rings. The van der Waals surface area contributed by atoms with E-state index < -0.39 is 11.4 Å². The van der Waals surface area contributed by atoms with E-state index in [0.717, 1.165) is 0 Å². The van der Waals surface area contributed by atoms with E-state index >= 15 is 0 Å². The van der Waals surface area contributed by atoms with Crippen molar-refractivity contribution >= 4 is 17.8 Å². The molecule has 0 spiro atoms. The molecule has 1 aromatic carbocycles. The van der Waals surface area contributed by atoms with Gasteiger partial charge in [-0.1, -0.05) is 36.4 Å². The maximum absolute atomic E-state index is 11.5. The molecule has 19 heavy (non-hydrogen) atoms. The molecule has 1 N–H and O–H groups in total. The maximum Gasteiger partial charge on any atom is 0.321 e. The van der Waals surface area contributed by atoms with Crippen LogP contribution in [0.1, 0.15) is 17.5 Å². The predicted molar refractivity (Wildman–Crippen MR) is 69.0 cm³/mol. The second-order valence-corrected chi connectivity index (χ2v) is 4.26. The standard InChI is InChI=1S/C15H11NO3/c16-9-11-5-1-2-6-12(11)13-7-3-4-8-15(13,10-17)14(18)19/h1-7,10H,8H2,(H,18,19). The van der Waals surface area contributed by atoms with Gasteiger partial charge in [-0.25, -0.2) is 0 Å². The third-order valence-electron chi connectivity index (χ3n) is 3.24. The molecule has 0 bridgehead atoms. The summed E-state index contributed by atoms with van der Waals surface area (Å²) in [5.41, 5.74) is -0.406. The van der Waals surface area contributed by atoms with Crippen LogP contribution in [0.3, 0.4) is 0 Å². The van der Waals surface area contributed by atoms with Crippen molar-refractivity contribution in [3.8, 4) is 6.07 Å². The first-order valence-electron chi connectivity index (χ1n) is 5.72.